The van der Waals surface area contributed by atoms with Crippen molar-refractivity contribution >= 4 is 23.2 Å². The Labute approximate surface area is 151 Å². The highest BCUT2D eigenvalue weighted by Gasteiger charge is 2.22. The minimum absolute atomic E-state index is 0.170. The third kappa shape index (κ3) is 4.39. The first kappa shape index (κ1) is 17.5. The highest BCUT2D eigenvalue weighted by molar-refractivity contribution is 7.10. The lowest BCUT2D eigenvalue weighted by Gasteiger charge is -2.26. The molecule has 0 unspecified atom stereocenters. The summed E-state index contributed by atoms with van der Waals surface area (Å²) in [7, 11) is 0. The van der Waals surface area contributed by atoms with Gasteiger partial charge in [-0.2, -0.15) is 0 Å². The molecule has 0 radical (unpaired) electrons. The molecule has 1 amide bonds. The van der Waals surface area contributed by atoms with Gasteiger partial charge in [0, 0.05) is 18.0 Å². The number of ether oxygens (including phenoxy) is 2. The fourth-order valence-electron chi connectivity index (χ4n) is 2.68. The van der Waals surface area contributed by atoms with Gasteiger partial charge >= 0.3 is 5.97 Å². The second kappa shape index (κ2) is 7.70. The van der Waals surface area contributed by atoms with E-state index in [0.717, 1.165) is 17.5 Å². The van der Waals surface area contributed by atoms with Gasteiger partial charge in [-0.3, -0.25) is 4.79 Å². The van der Waals surface area contributed by atoms with Gasteiger partial charge in [-0.15, -0.1) is 11.3 Å². The van der Waals surface area contributed by atoms with Crippen LogP contribution in [0.1, 0.15) is 21.6 Å². The van der Waals surface area contributed by atoms with Crippen molar-refractivity contribution in [3.8, 4) is 5.75 Å². The van der Waals surface area contributed by atoms with Gasteiger partial charge in [0.25, 0.3) is 5.91 Å². The summed E-state index contributed by atoms with van der Waals surface area (Å²) in [6.07, 6.45) is 0.864. The van der Waals surface area contributed by atoms with Crippen molar-refractivity contribution in [1.29, 1.82) is 0 Å². The topological polar surface area (TPSA) is 55.8 Å². The van der Waals surface area contributed by atoms with E-state index in [0.29, 0.717) is 18.8 Å². The molecule has 5 nitrogen and oxygen atoms in total. The summed E-state index contributed by atoms with van der Waals surface area (Å²) in [5.74, 6) is -0.0939. The molecule has 0 N–H and O–H groups in total. The van der Waals surface area contributed by atoms with Crippen LogP contribution in [-0.4, -0.2) is 36.5 Å². The maximum absolute atomic E-state index is 12.2. The highest BCUT2D eigenvalue weighted by Crippen LogP contribution is 2.24. The van der Waals surface area contributed by atoms with Crippen molar-refractivity contribution in [2.24, 2.45) is 0 Å². The molecule has 0 saturated heterocycles. The predicted molar refractivity (Wildman–Crippen MR) is 95.8 cm³/mol. The number of aryl methyl sites for hydroxylation is 2. The SMILES string of the molecule is Cc1ccc(OCC(=O)OCC(=O)N2CCc3sccc3C2)cc1C. The van der Waals surface area contributed by atoms with Gasteiger partial charge in [-0.05, 0) is 60.5 Å². The van der Waals surface area contributed by atoms with Gasteiger partial charge in [0.15, 0.2) is 13.2 Å². The molecule has 0 spiro atoms. The molecule has 1 aromatic carbocycles. The van der Waals surface area contributed by atoms with E-state index in [1.807, 2.05) is 43.5 Å². The Balaban J connectivity index is 1.43. The number of thiophene rings is 1. The maximum Gasteiger partial charge on any atom is 0.344 e. The van der Waals surface area contributed by atoms with E-state index in [4.69, 9.17) is 9.47 Å². The normalized spacial score (nSPS) is 13.3. The lowest BCUT2D eigenvalue weighted by atomic mass is 10.1. The second-order valence-electron chi connectivity index (χ2n) is 6.13. The molecule has 25 heavy (non-hydrogen) atoms. The van der Waals surface area contributed by atoms with Crippen LogP contribution in [0.3, 0.4) is 0 Å². The molecule has 1 aliphatic rings. The summed E-state index contributed by atoms with van der Waals surface area (Å²) in [6.45, 7) is 4.81. The molecule has 2 heterocycles. The number of hydrogen-bond acceptors (Lipinski definition) is 5. The molecule has 3 rings (SSSR count). The summed E-state index contributed by atoms with van der Waals surface area (Å²) in [5.41, 5.74) is 3.45. The lowest BCUT2D eigenvalue weighted by molar-refractivity contribution is -0.154. The van der Waals surface area contributed by atoms with E-state index in [9.17, 15) is 9.59 Å². The van der Waals surface area contributed by atoms with Crippen LogP contribution in [-0.2, 0) is 27.3 Å². The van der Waals surface area contributed by atoms with E-state index in [1.165, 1.54) is 10.4 Å². The first-order valence-corrected chi connectivity index (χ1v) is 9.09. The zero-order valence-electron chi connectivity index (χ0n) is 14.4. The minimum Gasteiger partial charge on any atom is -0.482 e. The van der Waals surface area contributed by atoms with Gasteiger partial charge in [0.05, 0.1) is 0 Å². The van der Waals surface area contributed by atoms with Gasteiger partial charge in [-0.25, -0.2) is 4.79 Å². The number of esters is 1. The summed E-state index contributed by atoms with van der Waals surface area (Å²) in [5, 5.41) is 2.04. The smallest absolute Gasteiger partial charge is 0.344 e. The van der Waals surface area contributed by atoms with Gasteiger partial charge in [0.2, 0.25) is 0 Å². The van der Waals surface area contributed by atoms with E-state index < -0.39 is 5.97 Å². The Morgan fingerprint density at radius 2 is 2.00 bits per heavy atom. The van der Waals surface area contributed by atoms with Gasteiger partial charge in [-0.1, -0.05) is 6.07 Å². The van der Waals surface area contributed by atoms with Crippen LogP contribution >= 0.6 is 11.3 Å². The molecule has 0 atom stereocenters. The molecular weight excluding hydrogens is 338 g/mol. The average Bonchev–Trinajstić information content (AvgIpc) is 3.08. The van der Waals surface area contributed by atoms with Crippen molar-refractivity contribution in [3.05, 3.63) is 51.2 Å². The van der Waals surface area contributed by atoms with E-state index in [2.05, 4.69) is 0 Å². The van der Waals surface area contributed by atoms with Crippen LogP contribution < -0.4 is 4.74 Å². The first-order chi connectivity index (χ1) is 12.0. The summed E-state index contributed by atoms with van der Waals surface area (Å²) < 4.78 is 10.5. The highest BCUT2D eigenvalue weighted by atomic mass is 32.1. The zero-order chi connectivity index (χ0) is 17.8. The van der Waals surface area contributed by atoms with Crippen LogP contribution in [0.15, 0.2) is 29.6 Å². The molecule has 0 saturated carbocycles. The fourth-order valence-corrected chi connectivity index (χ4v) is 3.57. The van der Waals surface area contributed by atoms with E-state index in [-0.39, 0.29) is 19.1 Å². The third-order valence-corrected chi connectivity index (χ3v) is 5.38. The molecule has 1 aliphatic heterocycles. The van der Waals surface area contributed by atoms with Crippen molar-refractivity contribution in [3.63, 3.8) is 0 Å². The minimum atomic E-state index is -0.542. The Morgan fingerprint density at radius 1 is 1.16 bits per heavy atom. The Kier molecular flexibility index (Phi) is 5.38. The monoisotopic (exact) mass is 359 g/mol. The molecule has 0 aliphatic carbocycles. The number of rotatable bonds is 5. The predicted octanol–water partition coefficient (Wildman–Crippen LogP) is 2.87. The Hall–Kier alpha value is -2.34. The summed E-state index contributed by atoms with van der Waals surface area (Å²) in [6, 6.07) is 7.67. The Bertz CT molecular complexity index is 783. The number of fused-ring (bicyclic) bond motifs is 1. The van der Waals surface area contributed by atoms with Crippen LogP contribution in [0.4, 0.5) is 0 Å². The number of carbonyl (C=O) groups excluding carboxylic acids is 2. The van der Waals surface area contributed by atoms with Crippen LogP contribution in [0.2, 0.25) is 0 Å². The van der Waals surface area contributed by atoms with Crippen molar-refractivity contribution in [2.45, 2.75) is 26.8 Å². The number of carbonyl (C=O) groups is 2. The Morgan fingerprint density at radius 3 is 2.80 bits per heavy atom. The summed E-state index contributed by atoms with van der Waals surface area (Å²) in [4.78, 5) is 27.1. The van der Waals surface area contributed by atoms with Gasteiger partial charge in [0.1, 0.15) is 5.75 Å². The quantitative estimate of drug-likeness (QED) is 0.771. The largest absolute Gasteiger partial charge is 0.482 e. The number of benzene rings is 1. The molecule has 1 aromatic heterocycles. The van der Waals surface area contributed by atoms with Crippen LogP contribution in [0.5, 0.6) is 5.75 Å². The maximum atomic E-state index is 12.2. The number of amides is 1. The number of nitrogens with zero attached hydrogens (tertiary/aromatic N) is 1. The molecule has 132 valence electrons. The van der Waals surface area contributed by atoms with Crippen molar-refractivity contribution in [2.75, 3.05) is 19.8 Å². The number of hydrogen-bond donors (Lipinski definition) is 0. The van der Waals surface area contributed by atoms with Gasteiger partial charge < -0.3 is 14.4 Å². The fraction of sp³-hybridized carbons (Fsp3) is 0.368. The average molecular weight is 359 g/mol. The first-order valence-electron chi connectivity index (χ1n) is 8.21. The molecule has 0 fully saturated rings. The molecule has 2 aromatic rings. The van der Waals surface area contributed by atoms with E-state index >= 15 is 0 Å². The molecular formula is C19H21NO4S. The van der Waals surface area contributed by atoms with E-state index in [1.54, 1.807) is 16.2 Å². The van der Waals surface area contributed by atoms with Crippen LogP contribution in [0.25, 0.3) is 0 Å². The van der Waals surface area contributed by atoms with Crippen LogP contribution in [0, 0.1) is 13.8 Å². The molecule has 6 heteroatoms. The lowest BCUT2D eigenvalue weighted by Crippen LogP contribution is -2.38. The van der Waals surface area contributed by atoms with Crippen molar-refractivity contribution < 1.29 is 19.1 Å². The zero-order valence-corrected chi connectivity index (χ0v) is 15.2. The van der Waals surface area contributed by atoms with Crippen molar-refractivity contribution in [1.82, 2.24) is 4.90 Å². The second-order valence-corrected chi connectivity index (χ2v) is 7.13. The molecule has 0 bridgehead atoms. The summed E-state index contributed by atoms with van der Waals surface area (Å²) >= 11 is 1.72. The standard InChI is InChI=1S/C19H21NO4S/c1-13-3-4-16(9-14(13)2)23-12-19(22)24-11-18(21)20-7-5-17-15(10-20)6-8-25-17/h3-4,6,8-9H,5,7,10-12H2,1-2H3. The third-order valence-electron chi connectivity index (χ3n) is 4.35.